The standard InChI is InChI=1S/C13H20N2O3S/c1-17-7-10-12(19-8-14-10)13(16)15-9-5-3-4-6-11(9)18-2/h8-9,11H,3-7H2,1-2H3,(H,15,16)/t9-,11-/m1/s1. The minimum Gasteiger partial charge on any atom is -0.379 e. The van der Waals surface area contributed by atoms with Crippen molar-refractivity contribution in [1.29, 1.82) is 0 Å². The van der Waals surface area contributed by atoms with Crippen LogP contribution >= 0.6 is 11.3 Å². The van der Waals surface area contributed by atoms with E-state index in [9.17, 15) is 4.79 Å². The summed E-state index contributed by atoms with van der Waals surface area (Å²) in [5.74, 6) is -0.0662. The second-order valence-corrected chi connectivity index (χ2v) is 5.55. The number of ether oxygens (including phenoxy) is 2. The number of nitrogens with zero attached hydrogens (tertiary/aromatic N) is 1. The van der Waals surface area contributed by atoms with Crippen LogP contribution in [0.1, 0.15) is 41.0 Å². The molecule has 1 aliphatic rings. The highest BCUT2D eigenvalue weighted by Gasteiger charge is 2.27. The van der Waals surface area contributed by atoms with Crippen LogP contribution in [0.5, 0.6) is 0 Å². The lowest BCUT2D eigenvalue weighted by atomic mass is 9.92. The predicted octanol–water partition coefficient (Wildman–Crippen LogP) is 1.98. The van der Waals surface area contributed by atoms with E-state index in [2.05, 4.69) is 10.3 Å². The number of methoxy groups -OCH3 is 2. The van der Waals surface area contributed by atoms with E-state index in [1.165, 1.54) is 17.8 Å². The fraction of sp³-hybridized carbons (Fsp3) is 0.692. The number of nitrogens with one attached hydrogen (secondary N) is 1. The number of carbonyl (C=O) groups excluding carboxylic acids is 1. The van der Waals surface area contributed by atoms with Gasteiger partial charge in [0.1, 0.15) is 4.88 Å². The zero-order valence-corrected chi connectivity index (χ0v) is 12.2. The molecule has 1 amide bonds. The maximum atomic E-state index is 12.3. The molecule has 1 aliphatic carbocycles. The molecule has 1 N–H and O–H groups in total. The fourth-order valence-corrected chi connectivity index (χ4v) is 3.17. The Kier molecular flexibility index (Phi) is 5.30. The summed E-state index contributed by atoms with van der Waals surface area (Å²) in [6.07, 6.45) is 4.41. The van der Waals surface area contributed by atoms with Crippen LogP contribution in [-0.2, 0) is 16.1 Å². The Balaban J connectivity index is 2.01. The van der Waals surface area contributed by atoms with Crippen LogP contribution in [0.3, 0.4) is 0 Å². The Morgan fingerprint density at radius 1 is 1.47 bits per heavy atom. The topological polar surface area (TPSA) is 60.5 Å². The van der Waals surface area contributed by atoms with Crippen molar-refractivity contribution in [2.45, 2.75) is 44.4 Å². The second-order valence-electron chi connectivity index (χ2n) is 4.70. The van der Waals surface area contributed by atoms with Gasteiger partial charge in [-0.3, -0.25) is 4.79 Å². The van der Waals surface area contributed by atoms with E-state index in [1.807, 2.05) is 0 Å². The summed E-state index contributed by atoms with van der Waals surface area (Å²) in [6.45, 7) is 0.366. The zero-order chi connectivity index (χ0) is 13.7. The normalized spacial score (nSPS) is 23.3. The van der Waals surface area contributed by atoms with Gasteiger partial charge in [-0.15, -0.1) is 11.3 Å². The maximum Gasteiger partial charge on any atom is 0.263 e. The molecule has 0 radical (unpaired) electrons. The molecule has 6 heteroatoms. The van der Waals surface area contributed by atoms with Crippen molar-refractivity contribution in [3.05, 3.63) is 16.1 Å². The molecule has 2 atom stereocenters. The highest BCUT2D eigenvalue weighted by atomic mass is 32.1. The van der Waals surface area contributed by atoms with Gasteiger partial charge in [0, 0.05) is 14.2 Å². The molecule has 5 nitrogen and oxygen atoms in total. The average Bonchev–Trinajstić information content (AvgIpc) is 2.88. The monoisotopic (exact) mass is 284 g/mol. The van der Waals surface area contributed by atoms with Crippen LogP contribution < -0.4 is 5.32 Å². The minimum atomic E-state index is -0.0662. The zero-order valence-electron chi connectivity index (χ0n) is 11.3. The van der Waals surface area contributed by atoms with E-state index in [-0.39, 0.29) is 18.1 Å². The summed E-state index contributed by atoms with van der Waals surface area (Å²) in [7, 11) is 3.31. The average molecular weight is 284 g/mol. The lowest BCUT2D eigenvalue weighted by Crippen LogP contribution is -2.45. The molecule has 1 saturated carbocycles. The lowest BCUT2D eigenvalue weighted by molar-refractivity contribution is 0.0393. The summed E-state index contributed by atoms with van der Waals surface area (Å²) in [5, 5.41) is 3.07. The third-order valence-corrected chi connectivity index (χ3v) is 4.32. The van der Waals surface area contributed by atoms with Gasteiger partial charge in [0.05, 0.1) is 30.0 Å². The van der Waals surface area contributed by atoms with E-state index >= 15 is 0 Å². The van der Waals surface area contributed by atoms with Gasteiger partial charge in [-0.05, 0) is 12.8 Å². The third kappa shape index (κ3) is 3.52. The van der Waals surface area contributed by atoms with Gasteiger partial charge in [0.15, 0.2) is 0 Å². The number of amides is 1. The first kappa shape index (κ1) is 14.4. The van der Waals surface area contributed by atoms with Crippen molar-refractivity contribution in [3.63, 3.8) is 0 Å². The molecule has 0 aliphatic heterocycles. The van der Waals surface area contributed by atoms with E-state index in [1.54, 1.807) is 19.7 Å². The SMILES string of the molecule is COCc1ncsc1C(=O)N[C@@H]1CCCC[C@H]1OC. The van der Waals surface area contributed by atoms with E-state index < -0.39 is 0 Å². The van der Waals surface area contributed by atoms with E-state index in [0.717, 1.165) is 19.3 Å². The molecule has 19 heavy (non-hydrogen) atoms. The van der Waals surface area contributed by atoms with Gasteiger partial charge in [0.2, 0.25) is 0 Å². The molecule has 1 aromatic rings. The molecule has 1 heterocycles. The molecule has 0 aromatic carbocycles. The molecule has 0 bridgehead atoms. The van der Waals surface area contributed by atoms with E-state index in [0.29, 0.717) is 17.2 Å². The van der Waals surface area contributed by atoms with E-state index in [4.69, 9.17) is 9.47 Å². The quantitative estimate of drug-likeness (QED) is 0.898. The van der Waals surface area contributed by atoms with Crippen LogP contribution in [0.4, 0.5) is 0 Å². The molecule has 0 spiro atoms. The van der Waals surface area contributed by atoms with Crippen LogP contribution in [0.15, 0.2) is 5.51 Å². The number of aromatic nitrogens is 1. The molecular weight excluding hydrogens is 264 g/mol. The number of carbonyl (C=O) groups is 1. The Bertz CT molecular complexity index is 422. The smallest absolute Gasteiger partial charge is 0.263 e. The van der Waals surface area contributed by atoms with Gasteiger partial charge in [-0.25, -0.2) is 4.98 Å². The van der Waals surface area contributed by atoms with Crippen LogP contribution in [0.2, 0.25) is 0 Å². The Morgan fingerprint density at radius 2 is 2.26 bits per heavy atom. The third-order valence-electron chi connectivity index (χ3n) is 3.45. The molecule has 1 aromatic heterocycles. The first-order chi connectivity index (χ1) is 9.26. The number of thiazole rings is 1. The van der Waals surface area contributed by atoms with Crippen molar-refractivity contribution >= 4 is 17.2 Å². The number of hydrogen-bond donors (Lipinski definition) is 1. The summed E-state index contributed by atoms with van der Waals surface area (Å²) >= 11 is 1.35. The maximum absolute atomic E-state index is 12.3. The van der Waals surface area contributed by atoms with Gasteiger partial charge in [0.25, 0.3) is 5.91 Å². The molecule has 2 rings (SSSR count). The van der Waals surface area contributed by atoms with Crippen LogP contribution in [0.25, 0.3) is 0 Å². The lowest BCUT2D eigenvalue weighted by Gasteiger charge is -2.30. The van der Waals surface area contributed by atoms with Gasteiger partial charge in [-0.1, -0.05) is 12.8 Å². The van der Waals surface area contributed by atoms with Crippen molar-refractivity contribution < 1.29 is 14.3 Å². The molecular formula is C13H20N2O3S. The highest BCUT2D eigenvalue weighted by Crippen LogP contribution is 2.22. The number of hydrogen-bond acceptors (Lipinski definition) is 5. The van der Waals surface area contributed by atoms with Crippen LogP contribution in [0, 0.1) is 0 Å². The minimum absolute atomic E-state index is 0.0662. The summed E-state index contributed by atoms with van der Waals surface area (Å²) in [5.41, 5.74) is 2.38. The van der Waals surface area contributed by atoms with Crippen molar-refractivity contribution in [3.8, 4) is 0 Å². The Hall–Kier alpha value is -0.980. The van der Waals surface area contributed by atoms with Crippen molar-refractivity contribution in [2.24, 2.45) is 0 Å². The second kappa shape index (κ2) is 6.98. The number of rotatable bonds is 5. The van der Waals surface area contributed by atoms with Gasteiger partial charge >= 0.3 is 0 Å². The van der Waals surface area contributed by atoms with Gasteiger partial charge < -0.3 is 14.8 Å². The Morgan fingerprint density at radius 3 is 3.00 bits per heavy atom. The molecule has 1 fully saturated rings. The van der Waals surface area contributed by atoms with Crippen molar-refractivity contribution in [1.82, 2.24) is 10.3 Å². The largest absolute Gasteiger partial charge is 0.379 e. The first-order valence-corrected chi connectivity index (χ1v) is 7.39. The van der Waals surface area contributed by atoms with Crippen LogP contribution in [-0.4, -0.2) is 37.3 Å². The fourth-order valence-electron chi connectivity index (χ4n) is 2.47. The summed E-state index contributed by atoms with van der Waals surface area (Å²) in [4.78, 5) is 17.1. The summed E-state index contributed by atoms with van der Waals surface area (Å²) < 4.78 is 10.5. The molecule has 106 valence electrons. The molecule has 0 unspecified atom stereocenters. The molecule has 0 saturated heterocycles. The van der Waals surface area contributed by atoms with Crippen molar-refractivity contribution in [2.75, 3.05) is 14.2 Å². The summed E-state index contributed by atoms with van der Waals surface area (Å²) in [6, 6.07) is 0.101. The highest BCUT2D eigenvalue weighted by molar-refractivity contribution is 7.11. The predicted molar refractivity (Wildman–Crippen MR) is 73.3 cm³/mol. The first-order valence-electron chi connectivity index (χ1n) is 6.51. The Labute approximate surface area is 117 Å². The van der Waals surface area contributed by atoms with Gasteiger partial charge in [-0.2, -0.15) is 0 Å².